The Morgan fingerprint density at radius 3 is 2.37 bits per heavy atom. The maximum Gasteiger partial charge on any atom is 0.323 e. The van der Waals surface area contributed by atoms with Crippen molar-refractivity contribution in [3.63, 3.8) is 0 Å². The summed E-state index contributed by atoms with van der Waals surface area (Å²) in [7, 11) is -3.61. The molecule has 5 N–H and O–H groups in total. The van der Waals surface area contributed by atoms with Crippen LogP contribution in [-0.4, -0.2) is 86.8 Å². The second-order valence-corrected chi connectivity index (χ2v) is 11.4. The summed E-state index contributed by atoms with van der Waals surface area (Å²) >= 11 is 0. The zero-order valence-corrected chi connectivity index (χ0v) is 22.8. The number of rotatable bonds is 12. The van der Waals surface area contributed by atoms with Crippen LogP contribution in [0, 0.1) is 0 Å². The average molecular weight is 555 g/mol. The number of likely N-dealkylation sites (tertiary alicyclic amines) is 1. The molecule has 1 aliphatic rings. The highest BCUT2D eigenvalue weighted by Crippen LogP contribution is 2.39. The summed E-state index contributed by atoms with van der Waals surface area (Å²) in [4.78, 5) is 61.7. The first-order chi connectivity index (χ1) is 18.0. The number of amides is 1. The van der Waals surface area contributed by atoms with E-state index in [1.165, 1.54) is 20.2 Å². The van der Waals surface area contributed by atoms with E-state index in [1.54, 1.807) is 23.3 Å². The Labute approximate surface area is 219 Å². The minimum Gasteiger partial charge on any atom is -0.465 e. The molecule has 1 fully saturated rings. The van der Waals surface area contributed by atoms with Gasteiger partial charge in [-0.1, -0.05) is 0 Å². The number of fused-ring (bicyclic) bond motifs is 1. The van der Waals surface area contributed by atoms with Gasteiger partial charge in [0.1, 0.15) is 12.1 Å². The lowest BCUT2D eigenvalue weighted by Crippen LogP contribution is -2.43. The number of nitrogens with two attached hydrogens (primary N) is 1. The van der Waals surface area contributed by atoms with Gasteiger partial charge >= 0.3 is 11.9 Å². The monoisotopic (exact) mass is 554 g/mol. The lowest BCUT2D eigenvalue weighted by molar-refractivity contribution is -0.145. The van der Waals surface area contributed by atoms with Gasteiger partial charge in [0.2, 0.25) is 19.3 Å². The van der Waals surface area contributed by atoms with Gasteiger partial charge in [-0.05, 0) is 34.1 Å². The van der Waals surface area contributed by atoms with Crippen molar-refractivity contribution >= 4 is 42.4 Å². The van der Waals surface area contributed by atoms with Crippen molar-refractivity contribution in [2.24, 2.45) is 0 Å². The fraction of sp³-hybridized carbons (Fsp3) is 0.636. The SMILES string of the molecule is CCOC(=O)C(C)NP(=O)(CCC(=O)N1CCC(n2cnc3c(=O)[nH]c(N)nc32)C1)NC(C)C(=O)OCC. The number of H-pyrrole nitrogens is 1. The van der Waals surface area contributed by atoms with E-state index in [0.29, 0.717) is 25.2 Å². The summed E-state index contributed by atoms with van der Waals surface area (Å²) < 4.78 is 25.4. The predicted octanol–water partition coefficient (Wildman–Crippen LogP) is 0.141. The van der Waals surface area contributed by atoms with Crippen LogP contribution in [0.3, 0.4) is 0 Å². The van der Waals surface area contributed by atoms with Crippen molar-refractivity contribution in [1.29, 1.82) is 0 Å². The highest BCUT2D eigenvalue weighted by Gasteiger charge is 2.34. The zero-order chi connectivity index (χ0) is 28.0. The molecule has 3 atom stereocenters. The van der Waals surface area contributed by atoms with Gasteiger partial charge < -0.3 is 24.7 Å². The molecule has 1 aliphatic heterocycles. The number of anilines is 1. The number of ether oxygens (including phenoxy) is 2. The maximum atomic E-state index is 13.8. The number of nitrogen functional groups attached to an aromatic ring is 1. The van der Waals surface area contributed by atoms with Gasteiger partial charge in [0.25, 0.3) is 5.56 Å². The van der Waals surface area contributed by atoms with Crippen molar-refractivity contribution in [2.75, 3.05) is 38.2 Å². The van der Waals surface area contributed by atoms with E-state index >= 15 is 0 Å². The third kappa shape index (κ3) is 6.97. The third-order valence-electron chi connectivity index (χ3n) is 6.09. The Morgan fingerprint density at radius 1 is 1.18 bits per heavy atom. The summed E-state index contributed by atoms with van der Waals surface area (Å²) in [6, 6.07) is -2.05. The first kappa shape index (κ1) is 29.3. The van der Waals surface area contributed by atoms with Crippen LogP contribution in [-0.2, 0) is 28.4 Å². The van der Waals surface area contributed by atoms with Crippen LogP contribution >= 0.6 is 7.44 Å². The number of hydrogen-bond donors (Lipinski definition) is 4. The molecule has 3 heterocycles. The smallest absolute Gasteiger partial charge is 0.323 e. The first-order valence-electron chi connectivity index (χ1n) is 12.5. The number of carbonyl (C=O) groups excluding carboxylic acids is 3. The van der Waals surface area contributed by atoms with Gasteiger partial charge in [-0.3, -0.25) is 28.7 Å². The zero-order valence-electron chi connectivity index (χ0n) is 21.9. The van der Waals surface area contributed by atoms with Crippen molar-refractivity contribution < 1.29 is 28.4 Å². The molecule has 38 heavy (non-hydrogen) atoms. The normalized spacial score (nSPS) is 18.6. The third-order valence-corrected chi connectivity index (χ3v) is 8.55. The lowest BCUT2D eigenvalue weighted by atomic mass is 10.2. The van der Waals surface area contributed by atoms with E-state index in [2.05, 4.69) is 25.1 Å². The fourth-order valence-corrected chi connectivity index (χ4v) is 6.55. The summed E-state index contributed by atoms with van der Waals surface area (Å²) in [5, 5.41) is 5.48. The van der Waals surface area contributed by atoms with Gasteiger partial charge in [0, 0.05) is 25.7 Å². The van der Waals surface area contributed by atoms with Crippen LogP contribution in [0.5, 0.6) is 0 Å². The van der Waals surface area contributed by atoms with Crippen molar-refractivity contribution in [1.82, 2.24) is 34.6 Å². The van der Waals surface area contributed by atoms with Crippen LogP contribution in [0.4, 0.5) is 5.95 Å². The van der Waals surface area contributed by atoms with Crippen LogP contribution in [0.15, 0.2) is 11.1 Å². The number of aromatic nitrogens is 4. The summed E-state index contributed by atoms with van der Waals surface area (Å²) in [5.74, 6) is -1.49. The van der Waals surface area contributed by atoms with Gasteiger partial charge in [0.15, 0.2) is 11.2 Å². The molecular weight excluding hydrogens is 519 g/mol. The minimum atomic E-state index is -3.61. The van der Waals surface area contributed by atoms with Gasteiger partial charge in [-0.25, -0.2) is 15.2 Å². The van der Waals surface area contributed by atoms with E-state index in [0.717, 1.165) is 0 Å². The Bertz CT molecular complexity index is 1250. The number of imidazole rings is 1. The van der Waals surface area contributed by atoms with Crippen LogP contribution in [0.1, 0.15) is 46.6 Å². The minimum absolute atomic E-state index is 0.0278. The molecule has 1 saturated heterocycles. The van der Waals surface area contributed by atoms with E-state index in [-0.39, 0.29) is 49.2 Å². The molecule has 0 bridgehead atoms. The van der Waals surface area contributed by atoms with Crippen LogP contribution < -0.4 is 21.5 Å². The summed E-state index contributed by atoms with van der Waals surface area (Å²) in [6.07, 6.45) is 1.84. The van der Waals surface area contributed by atoms with Crippen molar-refractivity contribution in [3.8, 4) is 0 Å². The van der Waals surface area contributed by atoms with Gasteiger partial charge in [0.05, 0.1) is 25.6 Å². The second-order valence-electron chi connectivity index (χ2n) is 8.98. The fourth-order valence-electron chi connectivity index (χ4n) is 4.25. The molecule has 0 saturated carbocycles. The Morgan fingerprint density at radius 2 is 1.79 bits per heavy atom. The number of nitrogens with zero attached hydrogens (tertiary/aromatic N) is 4. The molecule has 210 valence electrons. The average Bonchev–Trinajstić information content (AvgIpc) is 3.50. The molecule has 2 aromatic heterocycles. The van der Waals surface area contributed by atoms with Crippen molar-refractivity contribution in [3.05, 3.63) is 16.7 Å². The molecular formula is C22H35N8O7P. The molecule has 0 aliphatic carbocycles. The lowest BCUT2D eigenvalue weighted by Gasteiger charge is -2.27. The number of aromatic amines is 1. The van der Waals surface area contributed by atoms with E-state index in [4.69, 9.17) is 15.2 Å². The molecule has 0 aromatic carbocycles. The highest BCUT2D eigenvalue weighted by molar-refractivity contribution is 7.60. The van der Waals surface area contributed by atoms with Crippen LogP contribution in [0.2, 0.25) is 0 Å². The Hall–Kier alpha value is -3.29. The summed E-state index contributed by atoms with van der Waals surface area (Å²) in [6.45, 7) is 7.38. The number of nitrogens with one attached hydrogen (secondary N) is 3. The standard InChI is InChI=1S/C22H35N8O7P/c1-5-36-20(33)13(3)27-38(35,28-14(4)21(34)37-6-2)10-8-16(31)29-9-7-15(11-29)30-12-24-17-18(30)25-22(23)26-19(17)32/h12-15H,5-11H2,1-4H3,(H2,27,28,35)(H3,23,25,26,32). The predicted molar refractivity (Wildman–Crippen MR) is 138 cm³/mol. The summed E-state index contributed by atoms with van der Waals surface area (Å²) in [5.41, 5.74) is 5.73. The first-order valence-corrected chi connectivity index (χ1v) is 14.3. The van der Waals surface area contributed by atoms with Gasteiger partial charge in [-0.15, -0.1) is 0 Å². The van der Waals surface area contributed by atoms with E-state index in [9.17, 15) is 23.7 Å². The molecule has 0 spiro atoms. The van der Waals surface area contributed by atoms with E-state index < -0.39 is 37.0 Å². The largest absolute Gasteiger partial charge is 0.465 e. The van der Waals surface area contributed by atoms with Gasteiger partial charge in [-0.2, -0.15) is 4.98 Å². The number of esters is 2. The quantitative estimate of drug-likeness (QED) is 0.204. The second kappa shape index (κ2) is 12.5. The maximum absolute atomic E-state index is 13.8. The van der Waals surface area contributed by atoms with Crippen LogP contribution in [0.25, 0.3) is 11.2 Å². The molecule has 16 heteroatoms. The number of carbonyl (C=O) groups is 3. The molecule has 0 radical (unpaired) electrons. The molecule has 3 rings (SSSR count). The number of hydrogen-bond acceptors (Lipinski definition) is 10. The van der Waals surface area contributed by atoms with Crippen molar-refractivity contribution in [2.45, 2.75) is 58.7 Å². The van der Waals surface area contributed by atoms with E-state index in [1.807, 2.05) is 0 Å². The molecule has 15 nitrogen and oxygen atoms in total. The topological polar surface area (TPSA) is 204 Å². The Balaban J connectivity index is 1.68. The Kier molecular flexibility index (Phi) is 9.63. The highest BCUT2D eigenvalue weighted by atomic mass is 31.2. The molecule has 1 amide bonds. The molecule has 2 aromatic rings. The molecule has 3 unspecified atom stereocenters.